The Kier molecular flexibility index (Phi) is 6.87. The Labute approximate surface area is 124 Å². The Morgan fingerprint density at radius 2 is 2.10 bits per heavy atom. The van der Waals surface area contributed by atoms with Gasteiger partial charge >= 0.3 is 5.97 Å². The third kappa shape index (κ3) is 6.51. The first kappa shape index (κ1) is 16.6. The molecule has 21 heavy (non-hydrogen) atoms. The summed E-state index contributed by atoms with van der Waals surface area (Å²) in [4.78, 5) is 28.6. The Morgan fingerprint density at radius 1 is 1.33 bits per heavy atom. The van der Waals surface area contributed by atoms with Crippen LogP contribution in [0.3, 0.4) is 0 Å². The summed E-state index contributed by atoms with van der Waals surface area (Å²) in [6, 6.07) is 5.66. The molecule has 1 heterocycles. The fourth-order valence-corrected chi connectivity index (χ4v) is 1.78. The van der Waals surface area contributed by atoms with E-state index in [-0.39, 0.29) is 18.6 Å². The van der Waals surface area contributed by atoms with Crippen LogP contribution in [0.25, 0.3) is 0 Å². The van der Waals surface area contributed by atoms with Crippen molar-refractivity contribution < 1.29 is 14.7 Å². The Morgan fingerprint density at radius 3 is 2.67 bits per heavy atom. The number of Topliss-reactive ketones (excluding diaryl/α,β-unsaturated/α-hetero) is 1. The minimum atomic E-state index is -0.968. The molecule has 0 saturated heterocycles. The van der Waals surface area contributed by atoms with Crippen molar-refractivity contribution in [3.05, 3.63) is 54.0 Å². The van der Waals surface area contributed by atoms with Gasteiger partial charge in [-0.1, -0.05) is 18.2 Å². The molecule has 0 spiro atoms. The van der Waals surface area contributed by atoms with Crippen molar-refractivity contribution in [3.63, 3.8) is 0 Å². The maximum Gasteiger partial charge on any atom is 0.303 e. The third-order valence-corrected chi connectivity index (χ3v) is 2.73. The van der Waals surface area contributed by atoms with Gasteiger partial charge in [0.2, 0.25) is 0 Å². The number of carbonyl (C=O) groups excluding carboxylic acids is 1. The van der Waals surface area contributed by atoms with Crippen molar-refractivity contribution in [2.75, 3.05) is 7.05 Å². The lowest BCUT2D eigenvalue weighted by molar-refractivity contribution is -0.138. The second-order valence-corrected chi connectivity index (χ2v) is 4.64. The van der Waals surface area contributed by atoms with Gasteiger partial charge in [0.25, 0.3) is 0 Å². The molecule has 0 aliphatic heterocycles. The number of hydrogen-bond acceptors (Lipinski definition) is 4. The number of nitrogens with zero attached hydrogens (tertiary/aromatic N) is 2. The van der Waals surface area contributed by atoms with E-state index < -0.39 is 5.97 Å². The Bertz CT molecular complexity index is 536. The normalized spacial score (nSPS) is 11.6. The summed E-state index contributed by atoms with van der Waals surface area (Å²) in [5.74, 6) is -1.15. The van der Waals surface area contributed by atoms with E-state index in [0.717, 1.165) is 5.69 Å². The molecule has 0 atom stereocenters. The fourth-order valence-electron chi connectivity index (χ4n) is 1.78. The predicted octanol–water partition coefficient (Wildman–Crippen LogP) is 2.41. The molecule has 5 heteroatoms. The van der Waals surface area contributed by atoms with Gasteiger partial charge in [0, 0.05) is 31.4 Å². The van der Waals surface area contributed by atoms with Gasteiger partial charge < -0.3 is 10.0 Å². The summed E-state index contributed by atoms with van der Waals surface area (Å²) in [5.41, 5.74) is 1.39. The summed E-state index contributed by atoms with van der Waals surface area (Å²) < 4.78 is 0. The minimum Gasteiger partial charge on any atom is -0.481 e. The molecule has 0 fully saturated rings. The Hall–Kier alpha value is -2.43. The number of carboxylic acids is 1. The maximum atomic E-state index is 12.0. The molecule has 0 bridgehead atoms. The van der Waals surface area contributed by atoms with Crippen LogP contribution in [0, 0.1) is 0 Å². The number of pyridine rings is 1. The summed E-state index contributed by atoms with van der Waals surface area (Å²) in [7, 11) is 1.85. The molecule has 1 aromatic heterocycles. The van der Waals surface area contributed by atoms with E-state index >= 15 is 0 Å². The third-order valence-electron chi connectivity index (χ3n) is 2.73. The van der Waals surface area contributed by atoms with E-state index in [2.05, 4.69) is 4.98 Å². The van der Waals surface area contributed by atoms with Crippen molar-refractivity contribution in [1.29, 1.82) is 0 Å². The van der Waals surface area contributed by atoms with Crippen LogP contribution in [0.1, 0.15) is 25.5 Å². The van der Waals surface area contributed by atoms with Crippen molar-refractivity contribution in [1.82, 2.24) is 9.88 Å². The van der Waals surface area contributed by atoms with Gasteiger partial charge in [-0.15, -0.1) is 0 Å². The van der Waals surface area contributed by atoms with E-state index in [1.807, 2.05) is 37.1 Å². The molecule has 5 nitrogen and oxygen atoms in total. The molecule has 0 saturated carbocycles. The van der Waals surface area contributed by atoms with Crippen LogP contribution in [0.4, 0.5) is 0 Å². The number of hydrogen-bond donors (Lipinski definition) is 1. The first-order valence-corrected chi connectivity index (χ1v) is 6.72. The number of aromatic nitrogens is 1. The van der Waals surface area contributed by atoms with Crippen LogP contribution in [0.5, 0.6) is 0 Å². The number of allylic oxidation sites excluding steroid dienone is 3. The first-order valence-electron chi connectivity index (χ1n) is 6.72. The number of rotatable bonds is 8. The van der Waals surface area contributed by atoms with Crippen LogP contribution < -0.4 is 0 Å². The van der Waals surface area contributed by atoms with Crippen LogP contribution >= 0.6 is 0 Å². The van der Waals surface area contributed by atoms with Crippen LogP contribution in [-0.2, 0) is 16.1 Å². The summed E-state index contributed by atoms with van der Waals surface area (Å²) >= 11 is 0. The second kappa shape index (κ2) is 8.68. The van der Waals surface area contributed by atoms with Gasteiger partial charge in [-0.3, -0.25) is 14.6 Å². The molecule has 0 amide bonds. The van der Waals surface area contributed by atoms with Crippen molar-refractivity contribution in [2.24, 2.45) is 0 Å². The second-order valence-electron chi connectivity index (χ2n) is 4.64. The van der Waals surface area contributed by atoms with E-state index in [1.54, 1.807) is 24.5 Å². The molecule has 1 rings (SSSR count). The topological polar surface area (TPSA) is 70.5 Å². The summed E-state index contributed by atoms with van der Waals surface area (Å²) in [6.45, 7) is 2.39. The van der Waals surface area contributed by atoms with Crippen molar-refractivity contribution in [3.8, 4) is 0 Å². The molecular weight excluding hydrogens is 268 g/mol. The molecule has 0 aliphatic carbocycles. The SMILES string of the molecule is C/C=C\C(=C/N(C)Cc1ccccn1)C(=O)CCC(=O)O. The highest BCUT2D eigenvalue weighted by molar-refractivity contribution is 5.99. The average Bonchev–Trinajstić information content (AvgIpc) is 2.45. The number of carbonyl (C=O) groups is 2. The molecule has 0 aliphatic rings. The Balaban J connectivity index is 2.74. The van der Waals surface area contributed by atoms with Crippen LogP contribution in [0.2, 0.25) is 0 Å². The molecular formula is C16H20N2O3. The smallest absolute Gasteiger partial charge is 0.303 e. The molecule has 0 radical (unpaired) electrons. The van der Waals surface area contributed by atoms with Gasteiger partial charge in [-0.05, 0) is 19.1 Å². The largest absolute Gasteiger partial charge is 0.481 e. The zero-order valence-corrected chi connectivity index (χ0v) is 12.3. The molecule has 0 unspecified atom stereocenters. The van der Waals surface area contributed by atoms with Gasteiger partial charge in [0.05, 0.1) is 18.7 Å². The van der Waals surface area contributed by atoms with Crippen molar-refractivity contribution in [2.45, 2.75) is 26.3 Å². The highest BCUT2D eigenvalue weighted by Gasteiger charge is 2.10. The quantitative estimate of drug-likeness (QED) is 0.587. The maximum absolute atomic E-state index is 12.0. The number of carboxylic acid groups (broad SMARTS) is 1. The molecule has 112 valence electrons. The van der Waals surface area contributed by atoms with E-state index in [4.69, 9.17) is 5.11 Å². The minimum absolute atomic E-state index is 0.00291. The zero-order chi connectivity index (χ0) is 15.7. The van der Waals surface area contributed by atoms with Crippen molar-refractivity contribution >= 4 is 11.8 Å². The lowest BCUT2D eigenvalue weighted by atomic mass is 10.1. The van der Waals surface area contributed by atoms with Gasteiger partial charge in [-0.25, -0.2) is 0 Å². The van der Waals surface area contributed by atoms with Gasteiger partial charge in [0.15, 0.2) is 5.78 Å². The highest BCUT2D eigenvalue weighted by atomic mass is 16.4. The monoisotopic (exact) mass is 288 g/mol. The van der Waals surface area contributed by atoms with Crippen LogP contribution in [-0.4, -0.2) is 33.8 Å². The first-order chi connectivity index (χ1) is 10.0. The van der Waals surface area contributed by atoms with Gasteiger partial charge in [-0.2, -0.15) is 0 Å². The van der Waals surface area contributed by atoms with E-state index in [0.29, 0.717) is 12.1 Å². The molecule has 1 aromatic rings. The lowest BCUT2D eigenvalue weighted by Crippen LogP contribution is -2.14. The zero-order valence-electron chi connectivity index (χ0n) is 12.3. The van der Waals surface area contributed by atoms with E-state index in [9.17, 15) is 9.59 Å². The predicted molar refractivity (Wildman–Crippen MR) is 80.5 cm³/mol. The van der Waals surface area contributed by atoms with E-state index in [1.165, 1.54) is 0 Å². The number of ketones is 1. The summed E-state index contributed by atoms with van der Waals surface area (Å²) in [5, 5.41) is 8.64. The molecule has 0 aromatic carbocycles. The van der Waals surface area contributed by atoms with Crippen LogP contribution in [0.15, 0.2) is 48.3 Å². The standard InChI is InChI=1S/C16H20N2O3/c1-3-6-13(15(19)8-9-16(20)21)11-18(2)12-14-7-4-5-10-17-14/h3-7,10-11H,8-9,12H2,1-2H3,(H,20,21)/b6-3-,13-11+. The number of aliphatic carboxylic acids is 1. The van der Waals surface area contributed by atoms with Gasteiger partial charge in [0.1, 0.15) is 0 Å². The molecule has 1 N–H and O–H groups in total. The average molecular weight is 288 g/mol. The fraction of sp³-hybridized carbons (Fsp3) is 0.312. The summed E-state index contributed by atoms with van der Waals surface area (Å²) in [6.07, 6.45) is 6.75. The lowest BCUT2D eigenvalue weighted by Gasteiger charge is -2.15. The highest BCUT2D eigenvalue weighted by Crippen LogP contribution is 2.08.